The minimum absolute atomic E-state index is 0.0524. The first-order chi connectivity index (χ1) is 8.59. The molecule has 7 heteroatoms. The first-order valence-corrected chi connectivity index (χ1v) is 6.16. The van der Waals surface area contributed by atoms with E-state index in [9.17, 15) is 4.79 Å². The van der Waals surface area contributed by atoms with Crippen LogP contribution < -0.4 is 11.3 Å². The van der Waals surface area contributed by atoms with Crippen molar-refractivity contribution in [2.75, 3.05) is 0 Å². The van der Waals surface area contributed by atoms with Gasteiger partial charge in [0.1, 0.15) is 5.39 Å². The van der Waals surface area contributed by atoms with Gasteiger partial charge >= 0.3 is 0 Å². The molecule has 0 aliphatic heterocycles. The van der Waals surface area contributed by atoms with Crippen LogP contribution in [-0.2, 0) is 13.6 Å². The van der Waals surface area contributed by atoms with Gasteiger partial charge in [0.25, 0.3) is 5.56 Å². The van der Waals surface area contributed by atoms with E-state index in [4.69, 9.17) is 18.0 Å². The number of hydrogen-bond acceptors (Lipinski definition) is 4. The highest BCUT2D eigenvalue weighted by molar-refractivity contribution is 7.80. The van der Waals surface area contributed by atoms with Crippen LogP contribution in [0.2, 0.25) is 0 Å². The van der Waals surface area contributed by atoms with E-state index in [-0.39, 0.29) is 5.56 Å². The maximum atomic E-state index is 12.1. The van der Waals surface area contributed by atoms with E-state index in [0.29, 0.717) is 29.0 Å². The second kappa shape index (κ2) is 5.26. The molecule has 2 rings (SSSR count). The predicted octanol–water partition coefficient (Wildman–Crippen LogP) is 0.586. The molecular formula is C11H15N5OS. The average molecular weight is 265 g/mol. The summed E-state index contributed by atoms with van der Waals surface area (Å²) in [5.74, 6) is 0. The highest BCUT2D eigenvalue weighted by Gasteiger charge is 2.07. The lowest BCUT2D eigenvalue weighted by Gasteiger charge is -2.04. The van der Waals surface area contributed by atoms with Crippen molar-refractivity contribution in [1.82, 2.24) is 19.3 Å². The van der Waals surface area contributed by atoms with Gasteiger partial charge < -0.3 is 5.73 Å². The Morgan fingerprint density at radius 2 is 2.28 bits per heavy atom. The van der Waals surface area contributed by atoms with Crippen molar-refractivity contribution >= 4 is 28.2 Å². The summed E-state index contributed by atoms with van der Waals surface area (Å²) in [6.07, 6.45) is 5.56. The minimum atomic E-state index is -0.0524. The summed E-state index contributed by atoms with van der Waals surface area (Å²) in [5, 5.41) is 4.57. The quantitative estimate of drug-likeness (QED) is 0.632. The van der Waals surface area contributed by atoms with Crippen LogP contribution in [0.1, 0.15) is 19.3 Å². The Balaban J connectivity index is 2.12. The molecule has 0 aromatic carbocycles. The molecule has 0 bridgehead atoms. The maximum Gasteiger partial charge on any atom is 0.264 e. The number of aromatic nitrogens is 4. The fraction of sp³-hybridized carbons (Fsp3) is 0.455. The van der Waals surface area contributed by atoms with Gasteiger partial charge in [0.05, 0.1) is 17.5 Å². The second-order valence-electron chi connectivity index (χ2n) is 4.17. The van der Waals surface area contributed by atoms with E-state index in [1.807, 2.05) is 0 Å². The first-order valence-electron chi connectivity index (χ1n) is 5.75. The van der Waals surface area contributed by atoms with Crippen molar-refractivity contribution in [2.24, 2.45) is 12.8 Å². The van der Waals surface area contributed by atoms with Gasteiger partial charge in [-0.2, -0.15) is 5.10 Å². The van der Waals surface area contributed by atoms with Crippen molar-refractivity contribution < 1.29 is 0 Å². The number of thiocarbonyl (C=S) groups is 1. The van der Waals surface area contributed by atoms with Gasteiger partial charge in [0.2, 0.25) is 0 Å². The molecule has 96 valence electrons. The molecule has 0 atom stereocenters. The zero-order chi connectivity index (χ0) is 13.1. The van der Waals surface area contributed by atoms with Gasteiger partial charge in [0.15, 0.2) is 5.65 Å². The van der Waals surface area contributed by atoms with Crippen LogP contribution in [0.15, 0.2) is 17.3 Å². The third kappa shape index (κ3) is 2.56. The zero-order valence-corrected chi connectivity index (χ0v) is 11.0. The Bertz CT molecular complexity index is 630. The molecular weight excluding hydrogens is 250 g/mol. The van der Waals surface area contributed by atoms with Crippen LogP contribution in [0, 0.1) is 0 Å². The molecule has 2 aromatic rings. The smallest absolute Gasteiger partial charge is 0.264 e. The van der Waals surface area contributed by atoms with Gasteiger partial charge in [-0.25, -0.2) is 4.98 Å². The van der Waals surface area contributed by atoms with Gasteiger partial charge in [-0.05, 0) is 19.3 Å². The van der Waals surface area contributed by atoms with Gasteiger partial charge in [-0.3, -0.25) is 14.0 Å². The van der Waals surface area contributed by atoms with E-state index in [0.717, 1.165) is 12.8 Å². The lowest BCUT2D eigenvalue weighted by Crippen LogP contribution is -2.20. The van der Waals surface area contributed by atoms with E-state index in [1.54, 1.807) is 28.8 Å². The number of aryl methyl sites for hydroxylation is 2. The number of fused-ring (bicyclic) bond motifs is 1. The SMILES string of the molecule is Cn1ncc2c(=O)n(CCCCC(N)=S)cnc21. The van der Waals surface area contributed by atoms with E-state index in [2.05, 4.69) is 10.1 Å². The van der Waals surface area contributed by atoms with Crippen molar-refractivity contribution in [2.45, 2.75) is 25.8 Å². The van der Waals surface area contributed by atoms with E-state index in [1.165, 1.54) is 0 Å². The number of hydrogen-bond donors (Lipinski definition) is 1. The summed E-state index contributed by atoms with van der Waals surface area (Å²) in [7, 11) is 1.77. The summed E-state index contributed by atoms with van der Waals surface area (Å²) >= 11 is 4.80. The second-order valence-corrected chi connectivity index (χ2v) is 4.70. The molecule has 0 spiro atoms. The molecule has 0 unspecified atom stereocenters. The molecule has 0 radical (unpaired) electrons. The molecule has 2 N–H and O–H groups in total. The van der Waals surface area contributed by atoms with Crippen molar-refractivity contribution in [1.29, 1.82) is 0 Å². The van der Waals surface area contributed by atoms with Crippen LogP contribution in [0.25, 0.3) is 11.0 Å². The third-order valence-electron chi connectivity index (χ3n) is 2.79. The Morgan fingerprint density at radius 3 is 3.00 bits per heavy atom. The minimum Gasteiger partial charge on any atom is -0.393 e. The van der Waals surface area contributed by atoms with Gasteiger partial charge in [0, 0.05) is 13.6 Å². The standard InChI is InChI=1S/C11H15N5OS/c1-15-10-8(6-14-15)11(17)16(7-13-10)5-3-2-4-9(12)18/h6-7H,2-5H2,1H3,(H2,12,18). The monoisotopic (exact) mass is 265 g/mol. The van der Waals surface area contributed by atoms with Crippen molar-refractivity contribution in [3.05, 3.63) is 22.9 Å². The highest BCUT2D eigenvalue weighted by atomic mass is 32.1. The summed E-state index contributed by atoms with van der Waals surface area (Å²) < 4.78 is 3.19. The molecule has 6 nitrogen and oxygen atoms in total. The number of rotatable bonds is 5. The normalized spacial score (nSPS) is 10.9. The van der Waals surface area contributed by atoms with Gasteiger partial charge in [-0.15, -0.1) is 0 Å². The number of nitrogens with zero attached hydrogens (tertiary/aromatic N) is 4. The van der Waals surface area contributed by atoms with Crippen LogP contribution in [0.4, 0.5) is 0 Å². The summed E-state index contributed by atoms with van der Waals surface area (Å²) in [5.41, 5.74) is 5.98. The third-order valence-corrected chi connectivity index (χ3v) is 2.99. The first kappa shape index (κ1) is 12.7. The highest BCUT2D eigenvalue weighted by Crippen LogP contribution is 2.04. The number of unbranched alkanes of at least 4 members (excludes halogenated alkanes) is 1. The molecule has 2 heterocycles. The molecule has 0 aliphatic carbocycles. The van der Waals surface area contributed by atoms with Crippen LogP contribution in [-0.4, -0.2) is 24.3 Å². The molecule has 0 aliphatic rings. The molecule has 18 heavy (non-hydrogen) atoms. The molecule has 0 amide bonds. The van der Waals surface area contributed by atoms with Crippen molar-refractivity contribution in [3.8, 4) is 0 Å². The average Bonchev–Trinajstić information content (AvgIpc) is 2.70. The summed E-state index contributed by atoms with van der Waals surface area (Å²) in [6.45, 7) is 0.624. The van der Waals surface area contributed by atoms with Crippen LogP contribution in [0.5, 0.6) is 0 Å². The van der Waals surface area contributed by atoms with Crippen LogP contribution >= 0.6 is 12.2 Å². The predicted molar refractivity (Wildman–Crippen MR) is 73.4 cm³/mol. The topological polar surface area (TPSA) is 78.7 Å². The Labute approximate surface area is 109 Å². The summed E-state index contributed by atoms with van der Waals surface area (Å²) in [6, 6.07) is 0. The Morgan fingerprint density at radius 1 is 1.50 bits per heavy atom. The van der Waals surface area contributed by atoms with Gasteiger partial charge in [-0.1, -0.05) is 12.2 Å². The Hall–Kier alpha value is -1.76. The molecule has 0 fully saturated rings. The largest absolute Gasteiger partial charge is 0.393 e. The molecule has 0 saturated carbocycles. The van der Waals surface area contributed by atoms with E-state index >= 15 is 0 Å². The lowest BCUT2D eigenvalue weighted by atomic mass is 10.2. The molecule has 0 saturated heterocycles. The Kier molecular flexibility index (Phi) is 3.71. The fourth-order valence-electron chi connectivity index (χ4n) is 1.81. The summed E-state index contributed by atoms with van der Waals surface area (Å²) in [4.78, 5) is 16.8. The number of nitrogens with two attached hydrogens (primary N) is 1. The van der Waals surface area contributed by atoms with E-state index < -0.39 is 0 Å². The molecule has 2 aromatic heterocycles. The zero-order valence-electron chi connectivity index (χ0n) is 10.2. The lowest BCUT2D eigenvalue weighted by molar-refractivity contribution is 0.597. The fourth-order valence-corrected chi connectivity index (χ4v) is 1.95. The van der Waals surface area contributed by atoms with Crippen molar-refractivity contribution in [3.63, 3.8) is 0 Å². The van der Waals surface area contributed by atoms with Crippen LogP contribution in [0.3, 0.4) is 0 Å². The maximum absolute atomic E-state index is 12.1.